The minimum absolute atomic E-state index is 0.137. The Hall–Kier alpha value is -1.78. The monoisotopic (exact) mass is 570 g/mol. The third kappa shape index (κ3) is 17.8. The van der Waals surface area contributed by atoms with Gasteiger partial charge in [-0.3, -0.25) is 9.59 Å². The van der Waals surface area contributed by atoms with Crippen molar-refractivity contribution in [1.82, 2.24) is 0 Å². The van der Waals surface area contributed by atoms with Crippen LogP contribution >= 0.6 is 0 Å². The van der Waals surface area contributed by atoms with Gasteiger partial charge in [0.1, 0.15) is 19.3 Å². The molecule has 1 saturated heterocycles. The molecule has 1 unspecified atom stereocenters. The van der Waals surface area contributed by atoms with E-state index in [0.717, 1.165) is 51.4 Å². The van der Waals surface area contributed by atoms with Crippen LogP contribution in [0.1, 0.15) is 110 Å². The topological polar surface area (TPSA) is 143 Å². The minimum atomic E-state index is -1.05. The van der Waals surface area contributed by atoms with Crippen LogP contribution in [-0.2, 0) is 23.8 Å². The van der Waals surface area contributed by atoms with E-state index in [4.69, 9.17) is 14.2 Å². The predicted molar refractivity (Wildman–Crippen MR) is 153 cm³/mol. The number of aliphatic hydroxyl groups excluding tert-OH is 4. The number of esters is 2. The van der Waals surface area contributed by atoms with Crippen LogP contribution in [0.4, 0.5) is 0 Å². The molecule has 0 aliphatic carbocycles. The summed E-state index contributed by atoms with van der Waals surface area (Å²) in [5.41, 5.74) is 0. The number of hydrogen-bond acceptors (Lipinski definition) is 9. The molecule has 1 rings (SSSR count). The zero-order chi connectivity index (χ0) is 29.6. The lowest BCUT2D eigenvalue weighted by atomic mass is 9.87. The molecule has 0 saturated carbocycles. The van der Waals surface area contributed by atoms with Crippen LogP contribution in [-0.4, -0.2) is 76.3 Å². The molecule has 0 amide bonds. The van der Waals surface area contributed by atoms with Crippen molar-refractivity contribution in [3.63, 3.8) is 0 Å². The summed E-state index contributed by atoms with van der Waals surface area (Å²) in [6.45, 7) is 3.83. The minimum Gasteiger partial charge on any atom is -0.463 e. The van der Waals surface area contributed by atoms with E-state index in [9.17, 15) is 30.0 Å². The number of hydrogen-bond donors (Lipinski definition) is 4. The molecule has 0 spiro atoms. The molecule has 6 atom stereocenters. The Bertz CT molecular complexity index is 724. The van der Waals surface area contributed by atoms with Gasteiger partial charge in [-0.25, -0.2) is 0 Å². The van der Waals surface area contributed by atoms with Gasteiger partial charge in [-0.2, -0.15) is 0 Å². The zero-order valence-corrected chi connectivity index (χ0v) is 24.6. The molecule has 1 fully saturated rings. The number of unbranched alkanes of at least 4 members (excludes halogenated alkanes) is 7. The molecular formula is C31H54O9. The van der Waals surface area contributed by atoms with Crippen molar-refractivity contribution >= 4 is 11.9 Å². The average molecular weight is 571 g/mol. The summed E-state index contributed by atoms with van der Waals surface area (Å²) in [5, 5.41) is 40.4. The quantitative estimate of drug-likeness (QED) is 0.0841. The highest BCUT2D eigenvalue weighted by atomic mass is 16.6. The summed E-state index contributed by atoms with van der Waals surface area (Å²) in [7, 11) is 0. The van der Waals surface area contributed by atoms with Crippen LogP contribution in [0.2, 0.25) is 0 Å². The van der Waals surface area contributed by atoms with E-state index in [1.165, 1.54) is 0 Å². The molecule has 1 aliphatic rings. The van der Waals surface area contributed by atoms with E-state index in [0.29, 0.717) is 32.1 Å². The standard InChI is InChI=1S/C31H54O9/c1-3-5-7-8-13-17-29(35)38-22-25(33)23-39-30(36)18-14-10-9-12-16-26-27(34)21-31(37)40-28(26)20-19-24(32)15-11-6-4-2/h9,12,19-20,24-28,31-34,37H,3-8,10-11,13-18,21-23H2,1-2H3/b12-9-,20-19+/t24-,25-,26-,27-,28+,31?/m0/s1. The van der Waals surface area contributed by atoms with E-state index >= 15 is 0 Å². The zero-order valence-electron chi connectivity index (χ0n) is 24.6. The second-order valence-corrected chi connectivity index (χ2v) is 10.8. The summed E-state index contributed by atoms with van der Waals surface area (Å²) in [4.78, 5) is 23.7. The summed E-state index contributed by atoms with van der Waals surface area (Å²) in [5.74, 6) is -1.03. The van der Waals surface area contributed by atoms with Gasteiger partial charge in [-0.05, 0) is 32.1 Å². The van der Waals surface area contributed by atoms with Crippen LogP contribution in [0.5, 0.6) is 0 Å². The fourth-order valence-electron chi connectivity index (χ4n) is 4.53. The smallest absolute Gasteiger partial charge is 0.305 e. The third-order valence-corrected chi connectivity index (χ3v) is 6.98. The van der Waals surface area contributed by atoms with Gasteiger partial charge < -0.3 is 34.6 Å². The summed E-state index contributed by atoms with van der Waals surface area (Å²) < 4.78 is 15.7. The number of allylic oxidation sites excluding steroid dienone is 2. The molecule has 9 nitrogen and oxygen atoms in total. The van der Waals surface area contributed by atoms with Gasteiger partial charge in [0.2, 0.25) is 0 Å². The number of carbonyl (C=O) groups excluding carboxylic acids is 2. The third-order valence-electron chi connectivity index (χ3n) is 6.98. The van der Waals surface area contributed by atoms with Crippen molar-refractivity contribution in [2.45, 2.75) is 141 Å². The predicted octanol–water partition coefficient (Wildman–Crippen LogP) is 4.49. The highest BCUT2D eigenvalue weighted by Gasteiger charge is 2.35. The maximum absolute atomic E-state index is 12.0. The van der Waals surface area contributed by atoms with E-state index in [1.807, 2.05) is 12.2 Å². The Morgan fingerprint density at radius 1 is 0.875 bits per heavy atom. The van der Waals surface area contributed by atoms with Gasteiger partial charge in [0.15, 0.2) is 6.29 Å². The fourth-order valence-corrected chi connectivity index (χ4v) is 4.53. The summed E-state index contributed by atoms with van der Waals surface area (Å²) in [6, 6.07) is 0. The molecule has 0 bridgehead atoms. The van der Waals surface area contributed by atoms with Gasteiger partial charge >= 0.3 is 11.9 Å². The van der Waals surface area contributed by atoms with Crippen LogP contribution in [0.15, 0.2) is 24.3 Å². The number of aliphatic hydroxyl groups is 4. The van der Waals surface area contributed by atoms with E-state index in [1.54, 1.807) is 12.2 Å². The van der Waals surface area contributed by atoms with Crippen molar-refractivity contribution in [3.05, 3.63) is 24.3 Å². The Kier molecular flexibility index (Phi) is 20.7. The molecule has 40 heavy (non-hydrogen) atoms. The van der Waals surface area contributed by atoms with Crippen molar-refractivity contribution in [3.8, 4) is 0 Å². The van der Waals surface area contributed by atoms with Gasteiger partial charge in [-0.15, -0.1) is 0 Å². The molecule has 0 radical (unpaired) electrons. The highest BCUT2D eigenvalue weighted by Crippen LogP contribution is 2.29. The molecule has 0 aromatic rings. The average Bonchev–Trinajstić information content (AvgIpc) is 2.92. The molecule has 0 aromatic carbocycles. The van der Waals surface area contributed by atoms with Gasteiger partial charge in [0.25, 0.3) is 0 Å². The number of ether oxygens (including phenoxy) is 3. The fraction of sp³-hybridized carbons (Fsp3) is 0.806. The van der Waals surface area contributed by atoms with Gasteiger partial charge in [0.05, 0.1) is 18.3 Å². The first-order chi connectivity index (χ1) is 19.3. The molecule has 1 heterocycles. The lowest BCUT2D eigenvalue weighted by molar-refractivity contribution is -0.199. The van der Waals surface area contributed by atoms with E-state index in [-0.39, 0.29) is 37.9 Å². The van der Waals surface area contributed by atoms with Crippen molar-refractivity contribution in [2.75, 3.05) is 13.2 Å². The van der Waals surface area contributed by atoms with E-state index < -0.39 is 36.7 Å². The molecule has 9 heteroatoms. The first kappa shape index (κ1) is 36.2. The number of rotatable bonds is 22. The van der Waals surface area contributed by atoms with Gasteiger partial charge in [0, 0.05) is 25.2 Å². The Balaban J connectivity index is 2.25. The second kappa shape index (κ2) is 22.9. The molecule has 0 aromatic heterocycles. The lowest BCUT2D eigenvalue weighted by Crippen LogP contribution is -2.43. The first-order valence-electron chi connectivity index (χ1n) is 15.3. The second-order valence-electron chi connectivity index (χ2n) is 10.8. The van der Waals surface area contributed by atoms with Crippen LogP contribution in [0.3, 0.4) is 0 Å². The first-order valence-corrected chi connectivity index (χ1v) is 15.3. The van der Waals surface area contributed by atoms with Gasteiger partial charge in [-0.1, -0.05) is 83.1 Å². The van der Waals surface area contributed by atoms with E-state index in [2.05, 4.69) is 13.8 Å². The lowest BCUT2D eigenvalue weighted by Gasteiger charge is -2.36. The molecule has 232 valence electrons. The van der Waals surface area contributed by atoms with Crippen LogP contribution in [0, 0.1) is 5.92 Å². The normalized spacial score (nSPS) is 22.9. The molecule has 1 aliphatic heterocycles. The van der Waals surface area contributed by atoms with Crippen molar-refractivity contribution in [2.24, 2.45) is 5.92 Å². The highest BCUT2D eigenvalue weighted by molar-refractivity contribution is 5.69. The van der Waals surface area contributed by atoms with Crippen molar-refractivity contribution in [1.29, 1.82) is 0 Å². The summed E-state index contributed by atoms with van der Waals surface area (Å²) in [6.07, 6.45) is 14.7. The Morgan fingerprint density at radius 2 is 1.50 bits per heavy atom. The summed E-state index contributed by atoms with van der Waals surface area (Å²) >= 11 is 0. The number of carbonyl (C=O) groups is 2. The Morgan fingerprint density at radius 3 is 2.17 bits per heavy atom. The maximum atomic E-state index is 12.0. The molecular weight excluding hydrogens is 516 g/mol. The Labute approximate surface area is 240 Å². The molecule has 4 N–H and O–H groups in total. The van der Waals surface area contributed by atoms with Crippen molar-refractivity contribution < 1.29 is 44.2 Å². The SMILES string of the molecule is CCCCCCCC(=O)OC[C@H](O)COC(=O)CCC/C=C\C[C@H]1[C@@H](O)CC(O)O[C@@H]1/C=C/[C@@H](O)CCCCC. The van der Waals surface area contributed by atoms with Crippen LogP contribution < -0.4 is 0 Å². The van der Waals surface area contributed by atoms with Crippen LogP contribution in [0.25, 0.3) is 0 Å². The largest absolute Gasteiger partial charge is 0.463 e. The maximum Gasteiger partial charge on any atom is 0.305 e.